The van der Waals surface area contributed by atoms with Gasteiger partial charge in [-0.05, 0) is 24.4 Å². The van der Waals surface area contributed by atoms with Crippen LogP contribution in [0.3, 0.4) is 0 Å². The van der Waals surface area contributed by atoms with Crippen LogP contribution < -0.4 is 0 Å². The number of halogens is 1. The summed E-state index contributed by atoms with van der Waals surface area (Å²) in [6, 6.07) is 5.89. The lowest BCUT2D eigenvalue weighted by molar-refractivity contribution is 0.0783. The van der Waals surface area contributed by atoms with Gasteiger partial charge in [-0.15, -0.1) is 11.3 Å². The Morgan fingerprint density at radius 3 is 2.89 bits per heavy atom. The molecule has 0 spiro atoms. The molecule has 0 aliphatic rings. The summed E-state index contributed by atoms with van der Waals surface area (Å²) >= 11 is 7.84. The average Bonchev–Trinajstić information content (AvgIpc) is 3.41. The highest BCUT2D eigenvalue weighted by Gasteiger charge is 2.21. The molecule has 0 atom stereocenters. The first-order valence-electron chi connectivity index (χ1n) is 8.42. The standard InChI is InChI=1S/C18H17ClN6OS/c1-3-24-15(13(19)10-21-24)11-23(2)18(26)12-9-22-25-14(6-7-20-17(12)25)16-5-4-8-27-16/h4-10H,3,11H2,1-2H3. The second-order valence-corrected chi connectivity index (χ2v) is 7.37. The summed E-state index contributed by atoms with van der Waals surface area (Å²) in [6.07, 6.45) is 4.87. The first-order chi connectivity index (χ1) is 13.1. The summed E-state index contributed by atoms with van der Waals surface area (Å²) in [5, 5.41) is 11.2. The predicted octanol–water partition coefficient (Wildman–Crippen LogP) is 3.60. The van der Waals surface area contributed by atoms with Crippen molar-refractivity contribution in [2.75, 3.05) is 7.05 Å². The van der Waals surface area contributed by atoms with Gasteiger partial charge in [-0.2, -0.15) is 10.2 Å². The summed E-state index contributed by atoms with van der Waals surface area (Å²) < 4.78 is 3.49. The maximum atomic E-state index is 13.0. The number of carbonyl (C=O) groups is 1. The second-order valence-electron chi connectivity index (χ2n) is 6.02. The van der Waals surface area contributed by atoms with Gasteiger partial charge in [0, 0.05) is 19.8 Å². The number of aryl methyl sites for hydroxylation is 1. The molecule has 0 unspecified atom stereocenters. The molecule has 0 aromatic carbocycles. The molecule has 4 aromatic rings. The van der Waals surface area contributed by atoms with Crippen molar-refractivity contribution >= 4 is 34.5 Å². The first-order valence-corrected chi connectivity index (χ1v) is 9.68. The van der Waals surface area contributed by atoms with Crippen LogP contribution in [0.15, 0.2) is 42.2 Å². The van der Waals surface area contributed by atoms with Gasteiger partial charge in [-0.3, -0.25) is 9.48 Å². The van der Waals surface area contributed by atoms with Gasteiger partial charge < -0.3 is 4.90 Å². The van der Waals surface area contributed by atoms with E-state index in [2.05, 4.69) is 15.2 Å². The fraction of sp³-hybridized carbons (Fsp3) is 0.222. The fourth-order valence-electron chi connectivity index (χ4n) is 2.97. The van der Waals surface area contributed by atoms with Crippen molar-refractivity contribution < 1.29 is 4.79 Å². The Labute approximate surface area is 164 Å². The highest BCUT2D eigenvalue weighted by Crippen LogP contribution is 2.26. The third kappa shape index (κ3) is 3.11. The van der Waals surface area contributed by atoms with Crippen molar-refractivity contribution in [2.24, 2.45) is 0 Å². The maximum absolute atomic E-state index is 13.0. The molecule has 0 bridgehead atoms. The molecule has 4 heterocycles. The highest BCUT2D eigenvalue weighted by molar-refractivity contribution is 7.13. The zero-order valence-corrected chi connectivity index (χ0v) is 16.4. The minimum Gasteiger partial charge on any atom is -0.336 e. The molecule has 9 heteroatoms. The van der Waals surface area contributed by atoms with Crippen LogP contribution >= 0.6 is 22.9 Å². The van der Waals surface area contributed by atoms with Crippen molar-refractivity contribution in [1.82, 2.24) is 29.3 Å². The van der Waals surface area contributed by atoms with Crippen molar-refractivity contribution in [3.05, 3.63) is 58.4 Å². The molecule has 0 aliphatic heterocycles. The van der Waals surface area contributed by atoms with E-state index in [1.807, 2.05) is 30.5 Å². The first kappa shape index (κ1) is 17.7. The number of thiophene rings is 1. The predicted molar refractivity (Wildman–Crippen MR) is 105 cm³/mol. The van der Waals surface area contributed by atoms with Crippen LogP contribution in [0.4, 0.5) is 0 Å². The molecule has 7 nitrogen and oxygen atoms in total. The Bertz CT molecular complexity index is 1100. The number of hydrogen-bond acceptors (Lipinski definition) is 5. The fourth-order valence-corrected chi connectivity index (χ4v) is 3.91. The zero-order valence-electron chi connectivity index (χ0n) is 14.8. The lowest BCUT2D eigenvalue weighted by Gasteiger charge is -2.17. The molecule has 138 valence electrons. The molecule has 4 rings (SSSR count). The second kappa shape index (κ2) is 7.13. The Kier molecular flexibility index (Phi) is 4.67. The Hall–Kier alpha value is -2.71. The lowest BCUT2D eigenvalue weighted by atomic mass is 10.2. The van der Waals surface area contributed by atoms with Crippen molar-refractivity contribution in [3.63, 3.8) is 0 Å². The van der Waals surface area contributed by atoms with E-state index < -0.39 is 0 Å². The summed E-state index contributed by atoms with van der Waals surface area (Å²) in [5.74, 6) is -0.166. The van der Waals surface area contributed by atoms with Crippen LogP contribution in [-0.2, 0) is 13.1 Å². The van der Waals surface area contributed by atoms with E-state index in [1.165, 1.54) is 0 Å². The molecule has 0 saturated carbocycles. The van der Waals surface area contributed by atoms with E-state index in [0.717, 1.165) is 16.3 Å². The Morgan fingerprint density at radius 2 is 2.15 bits per heavy atom. The third-order valence-electron chi connectivity index (χ3n) is 4.34. The molecular formula is C18H17ClN6OS. The number of aromatic nitrogens is 5. The van der Waals surface area contributed by atoms with E-state index >= 15 is 0 Å². The molecule has 0 fully saturated rings. The molecule has 4 aromatic heterocycles. The molecule has 0 saturated heterocycles. The molecule has 0 N–H and O–H groups in total. The zero-order chi connectivity index (χ0) is 19.0. The molecule has 0 radical (unpaired) electrons. The summed E-state index contributed by atoms with van der Waals surface area (Å²) in [4.78, 5) is 20.1. The van der Waals surface area contributed by atoms with Crippen LogP contribution in [0.2, 0.25) is 5.02 Å². The number of fused-ring (bicyclic) bond motifs is 1. The van der Waals surface area contributed by atoms with Gasteiger partial charge in [0.2, 0.25) is 0 Å². The highest BCUT2D eigenvalue weighted by atomic mass is 35.5. The van der Waals surface area contributed by atoms with Gasteiger partial charge >= 0.3 is 0 Å². The number of rotatable bonds is 5. The summed E-state index contributed by atoms with van der Waals surface area (Å²) in [5.41, 5.74) is 2.70. The topological polar surface area (TPSA) is 68.3 Å². The van der Waals surface area contributed by atoms with Gasteiger partial charge in [0.15, 0.2) is 5.65 Å². The number of carbonyl (C=O) groups excluding carboxylic acids is 1. The van der Waals surface area contributed by atoms with Crippen LogP contribution in [-0.4, -0.2) is 42.2 Å². The van der Waals surface area contributed by atoms with E-state index in [4.69, 9.17) is 11.6 Å². The van der Waals surface area contributed by atoms with Gasteiger partial charge in [0.1, 0.15) is 5.56 Å². The van der Waals surface area contributed by atoms with Crippen molar-refractivity contribution in [1.29, 1.82) is 0 Å². The molecule has 0 aliphatic carbocycles. The number of nitrogens with zero attached hydrogens (tertiary/aromatic N) is 6. The van der Waals surface area contributed by atoms with E-state index in [-0.39, 0.29) is 5.91 Å². The summed E-state index contributed by atoms with van der Waals surface area (Å²) in [7, 11) is 1.73. The number of amides is 1. The van der Waals surface area contributed by atoms with E-state index in [0.29, 0.717) is 29.3 Å². The number of hydrogen-bond donors (Lipinski definition) is 0. The van der Waals surface area contributed by atoms with Crippen LogP contribution in [0.5, 0.6) is 0 Å². The normalized spacial score (nSPS) is 11.2. The smallest absolute Gasteiger partial charge is 0.259 e. The van der Waals surface area contributed by atoms with Gasteiger partial charge in [-0.1, -0.05) is 17.7 Å². The molecule has 27 heavy (non-hydrogen) atoms. The Balaban J connectivity index is 1.67. The molecular weight excluding hydrogens is 384 g/mol. The minimum absolute atomic E-state index is 0.166. The van der Waals surface area contributed by atoms with Crippen molar-refractivity contribution in [2.45, 2.75) is 20.0 Å². The minimum atomic E-state index is -0.166. The van der Waals surface area contributed by atoms with Gasteiger partial charge in [0.05, 0.1) is 40.2 Å². The SMILES string of the molecule is CCn1ncc(Cl)c1CN(C)C(=O)c1cnn2c(-c3cccs3)ccnc12. The van der Waals surface area contributed by atoms with Crippen LogP contribution in [0, 0.1) is 0 Å². The maximum Gasteiger partial charge on any atom is 0.259 e. The van der Waals surface area contributed by atoms with E-state index in [1.54, 1.807) is 51.1 Å². The average molecular weight is 401 g/mol. The third-order valence-corrected chi connectivity index (χ3v) is 5.54. The Morgan fingerprint density at radius 1 is 1.30 bits per heavy atom. The van der Waals surface area contributed by atoms with Crippen molar-refractivity contribution in [3.8, 4) is 10.6 Å². The lowest BCUT2D eigenvalue weighted by Crippen LogP contribution is -2.27. The largest absolute Gasteiger partial charge is 0.336 e. The summed E-state index contributed by atoms with van der Waals surface area (Å²) in [6.45, 7) is 3.02. The monoisotopic (exact) mass is 400 g/mol. The van der Waals surface area contributed by atoms with E-state index in [9.17, 15) is 4.79 Å². The van der Waals surface area contributed by atoms with Crippen LogP contribution in [0.25, 0.3) is 16.2 Å². The molecule has 1 amide bonds. The van der Waals surface area contributed by atoms with Gasteiger partial charge in [-0.25, -0.2) is 9.50 Å². The quantitative estimate of drug-likeness (QED) is 0.513. The van der Waals surface area contributed by atoms with Crippen LogP contribution in [0.1, 0.15) is 23.0 Å². The van der Waals surface area contributed by atoms with Gasteiger partial charge in [0.25, 0.3) is 5.91 Å².